The molecule has 2 fully saturated rings. The van der Waals surface area contributed by atoms with Crippen LogP contribution in [0.1, 0.15) is 39.5 Å². The van der Waals surface area contributed by atoms with Crippen LogP contribution >= 0.6 is 0 Å². The summed E-state index contributed by atoms with van der Waals surface area (Å²) in [6.07, 6.45) is 4.53. The van der Waals surface area contributed by atoms with Gasteiger partial charge in [0.05, 0.1) is 12.2 Å². The van der Waals surface area contributed by atoms with Crippen molar-refractivity contribution in [3.8, 4) is 0 Å². The van der Waals surface area contributed by atoms with Crippen molar-refractivity contribution in [3.05, 3.63) is 0 Å². The molecule has 3 atom stereocenters. The van der Waals surface area contributed by atoms with Crippen LogP contribution < -0.4 is 5.32 Å². The summed E-state index contributed by atoms with van der Waals surface area (Å²) in [5.74, 6) is 0.732. The van der Waals surface area contributed by atoms with Gasteiger partial charge >= 0.3 is 0 Å². The first-order chi connectivity index (χ1) is 9.49. The summed E-state index contributed by atoms with van der Waals surface area (Å²) in [5.41, 5.74) is 0.0103. The molecule has 20 heavy (non-hydrogen) atoms. The average Bonchev–Trinajstić information content (AvgIpc) is 2.75. The fourth-order valence-electron chi connectivity index (χ4n) is 3.57. The molecule has 0 aromatic rings. The van der Waals surface area contributed by atoms with Gasteiger partial charge in [0.25, 0.3) is 0 Å². The Balaban J connectivity index is 1.88. The van der Waals surface area contributed by atoms with Crippen molar-refractivity contribution in [2.24, 2.45) is 5.92 Å². The third-order valence-electron chi connectivity index (χ3n) is 4.37. The second-order valence-corrected chi connectivity index (χ2v) is 7.28. The van der Waals surface area contributed by atoms with Crippen molar-refractivity contribution in [1.29, 1.82) is 0 Å². The Hall–Kier alpha value is -0.160. The van der Waals surface area contributed by atoms with E-state index in [0.717, 1.165) is 51.5 Å². The fourth-order valence-corrected chi connectivity index (χ4v) is 3.57. The molecule has 0 bridgehead atoms. The Morgan fingerprint density at radius 2 is 2.10 bits per heavy atom. The van der Waals surface area contributed by atoms with Crippen LogP contribution in [-0.2, 0) is 9.47 Å². The van der Waals surface area contributed by atoms with Crippen LogP contribution in [0.15, 0.2) is 0 Å². The zero-order valence-electron chi connectivity index (χ0n) is 13.7. The van der Waals surface area contributed by atoms with Gasteiger partial charge in [-0.25, -0.2) is 0 Å². The monoisotopic (exact) mass is 284 g/mol. The topological polar surface area (TPSA) is 33.7 Å². The minimum Gasteiger partial charge on any atom is -0.378 e. The molecule has 0 aromatic carbocycles. The molecule has 4 nitrogen and oxygen atoms in total. The van der Waals surface area contributed by atoms with Gasteiger partial charge in [-0.1, -0.05) is 13.8 Å². The van der Waals surface area contributed by atoms with Crippen LogP contribution in [0.2, 0.25) is 0 Å². The molecule has 2 aliphatic heterocycles. The molecule has 3 unspecified atom stereocenters. The number of hydrogen-bond acceptors (Lipinski definition) is 4. The lowest BCUT2D eigenvalue weighted by Crippen LogP contribution is -2.52. The highest BCUT2D eigenvalue weighted by molar-refractivity contribution is 4.94. The quantitative estimate of drug-likeness (QED) is 0.807. The van der Waals surface area contributed by atoms with E-state index in [1.54, 1.807) is 0 Å². The molecule has 2 saturated heterocycles. The third kappa shape index (κ3) is 4.69. The summed E-state index contributed by atoms with van der Waals surface area (Å²) in [6, 6.07) is 1.15. The Bertz CT molecular complexity index is 278. The molecular weight excluding hydrogens is 252 g/mol. The minimum atomic E-state index is 0.0103. The van der Waals surface area contributed by atoms with E-state index in [9.17, 15) is 0 Å². The first kappa shape index (κ1) is 16.2. The zero-order chi connectivity index (χ0) is 14.6. The molecule has 4 heteroatoms. The van der Waals surface area contributed by atoms with E-state index in [1.165, 1.54) is 6.42 Å². The van der Waals surface area contributed by atoms with Crippen LogP contribution in [0.3, 0.4) is 0 Å². The molecule has 2 rings (SSSR count). The number of hydrogen-bond donors (Lipinski definition) is 1. The highest BCUT2D eigenvalue weighted by Gasteiger charge is 2.41. The predicted octanol–water partition coefficient (Wildman–Crippen LogP) is 1.89. The van der Waals surface area contributed by atoms with Gasteiger partial charge in [-0.05, 0) is 39.3 Å². The predicted molar refractivity (Wildman–Crippen MR) is 82.1 cm³/mol. The third-order valence-corrected chi connectivity index (χ3v) is 4.37. The van der Waals surface area contributed by atoms with E-state index in [1.807, 2.05) is 0 Å². The van der Waals surface area contributed by atoms with Gasteiger partial charge < -0.3 is 19.7 Å². The van der Waals surface area contributed by atoms with Crippen molar-refractivity contribution in [3.63, 3.8) is 0 Å². The molecule has 0 aromatic heterocycles. The Morgan fingerprint density at radius 3 is 2.70 bits per heavy atom. The normalized spacial score (nSPS) is 32.4. The number of nitrogens with one attached hydrogen (secondary N) is 1. The standard InChI is InChI=1S/C16H32N2O2/c1-13(2)9-15(11-18(3)4)17-14-5-7-20-16(10-14)6-8-19-12-16/h13-15,17H,5-12H2,1-4H3. The fraction of sp³-hybridized carbons (Fsp3) is 1.00. The molecule has 1 spiro atoms. The van der Waals surface area contributed by atoms with Gasteiger partial charge in [0.2, 0.25) is 0 Å². The van der Waals surface area contributed by atoms with Crippen LogP contribution in [0.25, 0.3) is 0 Å². The van der Waals surface area contributed by atoms with Gasteiger partial charge in [0, 0.05) is 38.3 Å². The highest BCUT2D eigenvalue weighted by atomic mass is 16.6. The van der Waals surface area contributed by atoms with Crippen molar-refractivity contribution < 1.29 is 9.47 Å². The summed E-state index contributed by atoms with van der Waals surface area (Å²) in [6.45, 7) is 8.24. The van der Waals surface area contributed by atoms with E-state index < -0.39 is 0 Å². The average molecular weight is 284 g/mol. The van der Waals surface area contributed by atoms with Crippen LogP contribution in [-0.4, -0.2) is 63.0 Å². The van der Waals surface area contributed by atoms with Gasteiger partial charge in [-0.15, -0.1) is 0 Å². The largest absolute Gasteiger partial charge is 0.378 e. The summed E-state index contributed by atoms with van der Waals surface area (Å²) in [5, 5.41) is 3.89. The molecular formula is C16H32N2O2. The van der Waals surface area contributed by atoms with Crippen molar-refractivity contribution in [1.82, 2.24) is 10.2 Å². The van der Waals surface area contributed by atoms with E-state index in [-0.39, 0.29) is 5.60 Å². The SMILES string of the molecule is CC(C)CC(CN(C)C)NC1CCOC2(CCOC2)C1. The van der Waals surface area contributed by atoms with Gasteiger partial charge in [-0.3, -0.25) is 0 Å². The smallest absolute Gasteiger partial charge is 0.0951 e. The first-order valence-corrected chi connectivity index (χ1v) is 8.11. The summed E-state index contributed by atoms with van der Waals surface area (Å²) in [4.78, 5) is 2.29. The highest BCUT2D eigenvalue weighted by Crippen LogP contribution is 2.33. The Labute approximate surface area is 124 Å². The van der Waals surface area contributed by atoms with Crippen LogP contribution in [0, 0.1) is 5.92 Å². The van der Waals surface area contributed by atoms with Crippen molar-refractivity contribution >= 4 is 0 Å². The van der Waals surface area contributed by atoms with Crippen molar-refractivity contribution in [2.45, 2.75) is 57.2 Å². The van der Waals surface area contributed by atoms with E-state index in [4.69, 9.17) is 9.47 Å². The lowest BCUT2D eigenvalue weighted by Gasteiger charge is -2.39. The molecule has 1 N–H and O–H groups in total. The van der Waals surface area contributed by atoms with Crippen LogP contribution in [0.5, 0.6) is 0 Å². The van der Waals surface area contributed by atoms with Crippen molar-refractivity contribution in [2.75, 3.05) is 40.5 Å². The number of likely N-dealkylation sites (N-methyl/N-ethyl adjacent to an activating group) is 1. The first-order valence-electron chi connectivity index (χ1n) is 8.11. The molecule has 2 heterocycles. The molecule has 0 amide bonds. The number of nitrogens with zero attached hydrogens (tertiary/aromatic N) is 1. The van der Waals surface area contributed by atoms with E-state index >= 15 is 0 Å². The molecule has 0 aliphatic carbocycles. The molecule has 2 aliphatic rings. The molecule has 118 valence electrons. The summed E-state index contributed by atoms with van der Waals surface area (Å²) < 4.78 is 11.6. The lowest BCUT2D eigenvalue weighted by atomic mass is 9.89. The number of ether oxygens (including phenoxy) is 2. The van der Waals surface area contributed by atoms with Gasteiger partial charge in [-0.2, -0.15) is 0 Å². The summed E-state index contributed by atoms with van der Waals surface area (Å²) in [7, 11) is 4.32. The van der Waals surface area contributed by atoms with E-state index in [2.05, 4.69) is 38.2 Å². The maximum Gasteiger partial charge on any atom is 0.0951 e. The van der Waals surface area contributed by atoms with Gasteiger partial charge in [0.15, 0.2) is 0 Å². The maximum atomic E-state index is 6.02. The second-order valence-electron chi connectivity index (χ2n) is 7.28. The van der Waals surface area contributed by atoms with Gasteiger partial charge in [0.1, 0.15) is 0 Å². The maximum absolute atomic E-state index is 6.02. The van der Waals surface area contributed by atoms with Crippen LogP contribution in [0.4, 0.5) is 0 Å². The van der Waals surface area contributed by atoms with E-state index in [0.29, 0.717) is 12.1 Å². The Kier molecular flexibility index (Phi) is 5.84. The zero-order valence-corrected chi connectivity index (χ0v) is 13.7. The molecule has 0 radical (unpaired) electrons. The lowest BCUT2D eigenvalue weighted by molar-refractivity contribution is -0.0907. The second kappa shape index (κ2) is 7.21. The number of rotatable bonds is 6. The molecule has 0 saturated carbocycles. The minimum absolute atomic E-state index is 0.0103. The summed E-state index contributed by atoms with van der Waals surface area (Å²) >= 11 is 0. The Morgan fingerprint density at radius 1 is 1.30 bits per heavy atom.